The minimum atomic E-state index is -0.726. The quantitative estimate of drug-likeness (QED) is 0.349. The maximum absolute atomic E-state index is 12.4. The summed E-state index contributed by atoms with van der Waals surface area (Å²) in [4.78, 5) is 59.4. The molecule has 2 aliphatic rings. The van der Waals surface area contributed by atoms with E-state index in [9.17, 15) is 24.0 Å². The normalized spacial score (nSPS) is 21.8. The molecule has 34 heavy (non-hydrogen) atoms. The van der Waals surface area contributed by atoms with Gasteiger partial charge in [0.15, 0.2) is 5.17 Å². The third kappa shape index (κ3) is 6.81. The second-order valence-electron chi connectivity index (χ2n) is 6.84. The van der Waals surface area contributed by atoms with Crippen molar-refractivity contribution in [1.29, 1.82) is 0 Å². The SMILES string of the molecule is CCOC(=O)c1ccc(NC(=O)C[C@H]2S/C(=N\N=C3/NC(=O)S[C@H]3CC(=O)OC)NC2=O)cc1. The highest BCUT2D eigenvalue weighted by Crippen LogP contribution is 2.25. The van der Waals surface area contributed by atoms with Crippen molar-refractivity contribution in [2.45, 2.75) is 30.3 Å². The van der Waals surface area contributed by atoms with E-state index in [0.29, 0.717) is 11.3 Å². The number of carbonyl (C=O) groups excluding carboxylic acids is 5. The number of thioether (sulfide) groups is 2. The summed E-state index contributed by atoms with van der Waals surface area (Å²) in [7, 11) is 1.24. The van der Waals surface area contributed by atoms with Gasteiger partial charge in [-0.2, -0.15) is 0 Å². The zero-order valence-electron chi connectivity index (χ0n) is 18.2. The first-order chi connectivity index (χ1) is 16.3. The lowest BCUT2D eigenvalue weighted by Crippen LogP contribution is -2.28. The van der Waals surface area contributed by atoms with Crippen molar-refractivity contribution in [3.8, 4) is 0 Å². The largest absolute Gasteiger partial charge is 0.469 e. The number of methoxy groups -OCH3 is 1. The Kier molecular flexibility index (Phi) is 8.65. The van der Waals surface area contributed by atoms with Crippen LogP contribution in [0.1, 0.15) is 30.1 Å². The fourth-order valence-corrected chi connectivity index (χ4v) is 4.61. The molecule has 0 unspecified atom stereocenters. The monoisotopic (exact) mass is 507 g/mol. The van der Waals surface area contributed by atoms with Crippen LogP contribution in [-0.2, 0) is 23.9 Å². The molecular formula is C20H21N5O7S2. The number of esters is 2. The summed E-state index contributed by atoms with van der Waals surface area (Å²) >= 11 is 1.91. The average molecular weight is 508 g/mol. The van der Waals surface area contributed by atoms with Gasteiger partial charge in [-0.15, -0.1) is 10.2 Å². The molecule has 180 valence electrons. The van der Waals surface area contributed by atoms with Gasteiger partial charge in [-0.3, -0.25) is 19.2 Å². The molecule has 0 bridgehead atoms. The van der Waals surface area contributed by atoms with Crippen LogP contribution in [0.3, 0.4) is 0 Å². The molecule has 2 fully saturated rings. The molecule has 0 spiro atoms. The highest BCUT2D eigenvalue weighted by Gasteiger charge is 2.34. The van der Waals surface area contributed by atoms with E-state index < -0.39 is 34.3 Å². The predicted octanol–water partition coefficient (Wildman–Crippen LogP) is 1.48. The Hall–Kier alpha value is -3.39. The van der Waals surface area contributed by atoms with Crippen LogP contribution >= 0.6 is 23.5 Å². The molecule has 12 nitrogen and oxygen atoms in total. The Bertz CT molecular complexity index is 1060. The van der Waals surface area contributed by atoms with E-state index in [-0.39, 0.29) is 35.7 Å². The molecule has 2 heterocycles. The Balaban J connectivity index is 1.56. The first-order valence-corrected chi connectivity index (χ1v) is 11.8. The minimum absolute atomic E-state index is 0.0628. The van der Waals surface area contributed by atoms with Crippen LogP contribution in [0.5, 0.6) is 0 Å². The van der Waals surface area contributed by atoms with Crippen molar-refractivity contribution in [1.82, 2.24) is 10.6 Å². The predicted molar refractivity (Wildman–Crippen MR) is 127 cm³/mol. The van der Waals surface area contributed by atoms with Gasteiger partial charge in [0.2, 0.25) is 11.8 Å². The van der Waals surface area contributed by atoms with Crippen LogP contribution in [0.25, 0.3) is 0 Å². The van der Waals surface area contributed by atoms with E-state index in [0.717, 1.165) is 23.5 Å². The first kappa shape index (κ1) is 25.2. The van der Waals surface area contributed by atoms with Crippen LogP contribution in [0.15, 0.2) is 34.5 Å². The highest BCUT2D eigenvalue weighted by atomic mass is 32.2. The van der Waals surface area contributed by atoms with Crippen LogP contribution < -0.4 is 16.0 Å². The Morgan fingerprint density at radius 1 is 1.03 bits per heavy atom. The van der Waals surface area contributed by atoms with Gasteiger partial charge in [0, 0.05) is 12.1 Å². The van der Waals surface area contributed by atoms with E-state index in [1.165, 1.54) is 19.2 Å². The number of nitrogens with one attached hydrogen (secondary N) is 3. The van der Waals surface area contributed by atoms with Gasteiger partial charge < -0.3 is 25.4 Å². The van der Waals surface area contributed by atoms with E-state index in [4.69, 9.17) is 4.74 Å². The van der Waals surface area contributed by atoms with Crippen LogP contribution in [-0.4, -0.2) is 64.2 Å². The Labute approximate surface area is 202 Å². The van der Waals surface area contributed by atoms with Gasteiger partial charge in [0.05, 0.1) is 31.0 Å². The van der Waals surface area contributed by atoms with Crippen molar-refractivity contribution < 1.29 is 33.4 Å². The number of hydrogen-bond acceptors (Lipinski definition) is 11. The number of carbonyl (C=O) groups is 5. The molecule has 0 saturated carbocycles. The molecule has 2 aliphatic heterocycles. The van der Waals surface area contributed by atoms with Crippen molar-refractivity contribution in [3.63, 3.8) is 0 Å². The molecule has 3 rings (SSSR count). The van der Waals surface area contributed by atoms with Gasteiger partial charge in [-0.25, -0.2) is 4.79 Å². The second kappa shape index (κ2) is 11.7. The van der Waals surface area contributed by atoms with Gasteiger partial charge >= 0.3 is 11.9 Å². The van der Waals surface area contributed by atoms with Gasteiger partial charge in [0.25, 0.3) is 5.24 Å². The number of amidine groups is 2. The third-order valence-electron chi connectivity index (χ3n) is 4.44. The summed E-state index contributed by atoms with van der Waals surface area (Å²) in [5, 5.41) is 14.1. The van der Waals surface area contributed by atoms with Gasteiger partial charge in [-0.1, -0.05) is 23.5 Å². The van der Waals surface area contributed by atoms with E-state index in [1.807, 2.05) is 0 Å². The Morgan fingerprint density at radius 2 is 1.76 bits per heavy atom. The molecular weight excluding hydrogens is 486 g/mol. The van der Waals surface area contributed by atoms with Crippen LogP contribution in [0.2, 0.25) is 0 Å². The summed E-state index contributed by atoms with van der Waals surface area (Å²) in [5.41, 5.74) is 0.826. The molecule has 0 radical (unpaired) electrons. The minimum Gasteiger partial charge on any atom is -0.469 e. The molecule has 3 N–H and O–H groups in total. The standard InChI is InChI=1S/C20H21N5O7S2/c1-3-32-18(29)10-4-6-11(7-5-10)21-14(26)8-13-17(28)23-19(33-13)25-24-16-12(9-15(27)31-2)34-20(30)22-16/h4-7,12-13H,3,8-9H2,1-2H3,(H,21,26)(H,22,24,30)(H,23,25,28)/t12-,13+/m0/s1. The third-order valence-corrected chi connectivity index (χ3v) is 6.50. The van der Waals surface area contributed by atoms with E-state index >= 15 is 0 Å². The molecule has 0 aromatic heterocycles. The smallest absolute Gasteiger partial charge is 0.338 e. The van der Waals surface area contributed by atoms with Crippen molar-refractivity contribution in [3.05, 3.63) is 29.8 Å². The Morgan fingerprint density at radius 3 is 2.44 bits per heavy atom. The number of anilines is 1. The number of ether oxygens (including phenoxy) is 2. The molecule has 14 heteroatoms. The van der Waals surface area contributed by atoms with Crippen molar-refractivity contribution >= 4 is 69.2 Å². The average Bonchev–Trinajstić information content (AvgIpc) is 3.33. The number of amides is 3. The lowest BCUT2D eigenvalue weighted by molar-refractivity contribution is -0.140. The highest BCUT2D eigenvalue weighted by molar-refractivity contribution is 8.15. The number of nitrogens with zero attached hydrogens (tertiary/aromatic N) is 2. The first-order valence-electron chi connectivity index (χ1n) is 10.0. The van der Waals surface area contributed by atoms with Gasteiger partial charge in [0.1, 0.15) is 11.1 Å². The summed E-state index contributed by atoms with van der Waals surface area (Å²) in [6.07, 6.45) is -0.185. The summed E-state index contributed by atoms with van der Waals surface area (Å²) in [5.74, 6) is -1.59. The maximum atomic E-state index is 12.4. The molecule has 2 atom stereocenters. The van der Waals surface area contributed by atoms with E-state index in [1.54, 1.807) is 19.1 Å². The number of hydrogen-bond donors (Lipinski definition) is 3. The second-order valence-corrected chi connectivity index (χ2v) is 9.20. The van der Waals surface area contributed by atoms with Crippen molar-refractivity contribution in [2.24, 2.45) is 10.2 Å². The fourth-order valence-electron chi connectivity index (χ4n) is 2.83. The van der Waals surface area contributed by atoms with E-state index in [2.05, 4.69) is 30.9 Å². The maximum Gasteiger partial charge on any atom is 0.338 e. The fraction of sp³-hybridized carbons (Fsp3) is 0.350. The molecule has 3 amide bonds. The molecule has 1 aromatic carbocycles. The number of rotatable bonds is 8. The zero-order valence-corrected chi connectivity index (χ0v) is 19.8. The van der Waals surface area contributed by atoms with Crippen LogP contribution in [0, 0.1) is 0 Å². The lowest BCUT2D eigenvalue weighted by atomic mass is 10.2. The van der Waals surface area contributed by atoms with Crippen molar-refractivity contribution in [2.75, 3.05) is 19.0 Å². The molecule has 0 aliphatic carbocycles. The summed E-state index contributed by atoms with van der Waals surface area (Å²) in [6, 6.07) is 6.19. The summed E-state index contributed by atoms with van der Waals surface area (Å²) < 4.78 is 9.51. The summed E-state index contributed by atoms with van der Waals surface area (Å²) in [6.45, 7) is 1.97. The lowest BCUT2D eigenvalue weighted by Gasteiger charge is -2.08. The van der Waals surface area contributed by atoms with Crippen LogP contribution in [0.4, 0.5) is 10.5 Å². The number of benzene rings is 1. The molecule has 1 aromatic rings. The zero-order chi connectivity index (χ0) is 24.7. The topological polar surface area (TPSA) is 165 Å². The van der Waals surface area contributed by atoms with Gasteiger partial charge in [-0.05, 0) is 31.2 Å². The molecule has 2 saturated heterocycles.